The SMILES string of the molecule is Cc1ccc(Cl)cc1NC(=O)CCCOc1ccccc1C. The van der Waals surface area contributed by atoms with E-state index in [-0.39, 0.29) is 5.91 Å². The van der Waals surface area contributed by atoms with Gasteiger partial charge in [-0.25, -0.2) is 0 Å². The molecule has 22 heavy (non-hydrogen) atoms. The third-order valence-corrected chi connectivity index (χ3v) is 3.61. The number of amides is 1. The van der Waals surface area contributed by atoms with Gasteiger partial charge in [0.2, 0.25) is 5.91 Å². The van der Waals surface area contributed by atoms with E-state index in [9.17, 15) is 4.79 Å². The lowest BCUT2D eigenvalue weighted by Crippen LogP contribution is -2.13. The first-order chi connectivity index (χ1) is 10.6. The minimum atomic E-state index is -0.0289. The van der Waals surface area contributed by atoms with Crippen LogP contribution < -0.4 is 10.1 Å². The summed E-state index contributed by atoms with van der Waals surface area (Å²) in [7, 11) is 0. The van der Waals surface area contributed by atoms with Gasteiger partial charge in [-0.1, -0.05) is 35.9 Å². The molecule has 0 saturated heterocycles. The number of carbonyl (C=O) groups is 1. The highest BCUT2D eigenvalue weighted by atomic mass is 35.5. The first-order valence-corrected chi connectivity index (χ1v) is 7.68. The Bertz CT molecular complexity index is 655. The number of aryl methyl sites for hydroxylation is 2. The van der Waals surface area contributed by atoms with Crippen LogP contribution in [0.15, 0.2) is 42.5 Å². The third-order valence-electron chi connectivity index (χ3n) is 3.37. The van der Waals surface area contributed by atoms with Gasteiger partial charge in [-0.05, 0) is 49.6 Å². The van der Waals surface area contributed by atoms with Gasteiger partial charge in [-0.2, -0.15) is 0 Å². The lowest BCUT2D eigenvalue weighted by molar-refractivity contribution is -0.116. The van der Waals surface area contributed by atoms with Crippen LogP contribution in [0.5, 0.6) is 5.75 Å². The van der Waals surface area contributed by atoms with Gasteiger partial charge in [0.05, 0.1) is 6.61 Å². The molecular formula is C18H20ClNO2. The van der Waals surface area contributed by atoms with Crippen molar-refractivity contribution in [3.8, 4) is 5.75 Å². The molecule has 0 atom stereocenters. The third kappa shape index (κ3) is 4.78. The van der Waals surface area contributed by atoms with E-state index in [1.54, 1.807) is 6.07 Å². The molecule has 2 aromatic carbocycles. The van der Waals surface area contributed by atoms with Crippen LogP contribution in [0.2, 0.25) is 5.02 Å². The van der Waals surface area contributed by atoms with Crippen LogP contribution in [0.25, 0.3) is 0 Å². The predicted molar refractivity (Wildman–Crippen MR) is 90.7 cm³/mol. The molecular weight excluding hydrogens is 298 g/mol. The molecule has 1 N–H and O–H groups in total. The van der Waals surface area contributed by atoms with Crippen molar-refractivity contribution in [1.29, 1.82) is 0 Å². The number of rotatable bonds is 6. The molecule has 0 aliphatic heterocycles. The summed E-state index contributed by atoms with van der Waals surface area (Å²) in [5.74, 6) is 0.840. The molecule has 0 aliphatic carbocycles. The van der Waals surface area contributed by atoms with Gasteiger partial charge < -0.3 is 10.1 Å². The molecule has 0 aliphatic rings. The second-order valence-electron chi connectivity index (χ2n) is 5.22. The van der Waals surface area contributed by atoms with Crippen molar-refractivity contribution in [2.75, 3.05) is 11.9 Å². The fourth-order valence-corrected chi connectivity index (χ4v) is 2.25. The molecule has 0 aromatic heterocycles. The van der Waals surface area contributed by atoms with E-state index in [0.29, 0.717) is 24.5 Å². The monoisotopic (exact) mass is 317 g/mol. The van der Waals surface area contributed by atoms with Crippen molar-refractivity contribution in [3.05, 3.63) is 58.6 Å². The molecule has 0 bridgehead atoms. The van der Waals surface area contributed by atoms with E-state index < -0.39 is 0 Å². The van der Waals surface area contributed by atoms with Gasteiger partial charge in [0, 0.05) is 17.1 Å². The van der Waals surface area contributed by atoms with Gasteiger partial charge >= 0.3 is 0 Å². The number of hydrogen-bond acceptors (Lipinski definition) is 2. The van der Waals surface area contributed by atoms with Crippen LogP contribution in [0.1, 0.15) is 24.0 Å². The number of ether oxygens (including phenoxy) is 1. The smallest absolute Gasteiger partial charge is 0.224 e. The molecule has 0 radical (unpaired) electrons. The van der Waals surface area contributed by atoms with Crippen LogP contribution in [-0.4, -0.2) is 12.5 Å². The maximum Gasteiger partial charge on any atom is 0.224 e. The number of benzene rings is 2. The number of anilines is 1. The number of nitrogens with one attached hydrogen (secondary N) is 1. The fourth-order valence-electron chi connectivity index (χ4n) is 2.07. The maximum atomic E-state index is 11.9. The summed E-state index contributed by atoms with van der Waals surface area (Å²) in [5, 5.41) is 3.50. The van der Waals surface area contributed by atoms with E-state index in [1.807, 2.05) is 50.2 Å². The van der Waals surface area contributed by atoms with E-state index >= 15 is 0 Å². The molecule has 4 heteroatoms. The fraction of sp³-hybridized carbons (Fsp3) is 0.278. The average Bonchev–Trinajstić information content (AvgIpc) is 2.49. The van der Waals surface area contributed by atoms with E-state index in [1.165, 1.54) is 0 Å². The van der Waals surface area contributed by atoms with Crippen LogP contribution in [0, 0.1) is 13.8 Å². The van der Waals surface area contributed by atoms with Crippen LogP contribution >= 0.6 is 11.6 Å². The Morgan fingerprint density at radius 2 is 1.91 bits per heavy atom. The van der Waals surface area contributed by atoms with Crippen molar-refractivity contribution in [1.82, 2.24) is 0 Å². The van der Waals surface area contributed by atoms with Crippen LogP contribution in [0.4, 0.5) is 5.69 Å². The maximum absolute atomic E-state index is 11.9. The Labute approximate surface area is 136 Å². The van der Waals surface area contributed by atoms with Gasteiger partial charge in [-0.15, -0.1) is 0 Å². The summed E-state index contributed by atoms with van der Waals surface area (Å²) < 4.78 is 5.68. The lowest BCUT2D eigenvalue weighted by Gasteiger charge is -2.10. The van der Waals surface area contributed by atoms with Crippen LogP contribution in [-0.2, 0) is 4.79 Å². The van der Waals surface area contributed by atoms with Gasteiger partial charge in [0.1, 0.15) is 5.75 Å². The van der Waals surface area contributed by atoms with Gasteiger partial charge in [0.15, 0.2) is 0 Å². The molecule has 0 heterocycles. The summed E-state index contributed by atoms with van der Waals surface area (Å²) in [6.45, 7) is 4.46. The zero-order chi connectivity index (χ0) is 15.9. The summed E-state index contributed by atoms with van der Waals surface area (Å²) in [6.07, 6.45) is 1.08. The zero-order valence-corrected chi connectivity index (χ0v) is 13.6. The van der Waals surface area contributed by atoms with Crippen molar-refractivity contribution in [2.24, 2.45) is 0 Å². The Morgan fingerprint density at radius 1 is 1.14 bits per heavy atom. The number of hydrogen-bond donors (Lipinski definition) is 1. The summed E-state index contributed by atoms with van der Waals surface area (Å²) >= 11 is 5.94. The second-order valence-corrected chi connectivity index (χ2v) is 5.66. The van der Waals surface area contributed by atoms with Crippen LogP contribution in [0.3, 0.4) is 0 Å². The molecule has 2 aromatic rings. The van der Waals surface area contributed by atoms with E-state index in [0.717, 1.165) is 22.6 Å². The number of halogens is 1. The Balaban J connectivity index is 1.76. The predicted octanol–water partition coefficient (Wildman–Crippen LogP) is 4.75. The molecule has 2 rings (SSSR count). The second kappa shape index (κ2) is 7.85. The van der Waals surface area contributed by atoms with Crippen molar-refractivity contribution < 1.29 is 9.53 Å². The molecule has 116 valence electrons. The van der Waals surface area contributed by atoms with E-state index in [2.05, 4.69) is 5.32 Å². The molecule has 0 saturated carbocycles. The quantitative estimate of drug-likeness (QED) is 0.780. The number of carbonyl (C=O) groups excluding carboxylic acids is 1. The standard InChI is InChI=1S/C18H20ClNO2/c1-13-9-10-15(19)12-16(13)20-18(21)8-5-11-22-17-7-4-3-6-14(17)2/h3-4,6-7,9-10,12H,5,8,11H2,1-2H3,(H,20,21). The average molecular weight is 318 g/mol. The minimum Gasteiger partial charge on any atom is -0.493 e. The zero-order valence-electron chi connectivity index (χ0n) is 12.9. The molecule has 1 amide bonds. The van der Waals surface area contributed by atoms with E-state index in [4.69, 9.17) is 16.3 Å². The first-order valence-electron chi connectivity index (χ1n) is 7.30. The molecule has 0 fully saturated rings. The largest absolute Gasteiger partial charge is 0.493 e. The highest BCUT2D eigenvalue weighted by molar-refractivity contribution is 6.31. The molecule has 0 spiro atoms. The summed E-state index contributed by atoms with van der Waals surface area (Å²) in [5.41, 5.74) is 2.85. The van der Waals surface area contributed by atoms with Gasteiger partial charge in [0.25, 0.3) is 0 Å². The Morgan fingerprint density at radius 3 is 2.68 bits per heavy atom. The first kappa shape index (κ1) is 16.4. The highest BCUT2D eigenvalue weighted by Gasteiger charge is 2.06. The molecule has 0 unspecified atom stereocenters. The van der Waals surface area contributed by atoms with Crippen molar-refractivity contribution in [2.45, 2.75) is 26.7 Å². The Hall–Kier alpha value is -2.00. The topological polar surface area (TPSA) is 38.3 Å². The minimum absolute atomic E-state index is 0.0289. The van der Waals surface area contributed by atoms with Gasteiger partial charge in [-0.3, -0.25) is 4.79 Å². The highest BCUT2D eigenvalue weighted by Crippen LogP contribution is 2.20. The summed E-state index contributed by atoms with van der Waals surface area (Å²) in [4.78, 5) is 11.9. The van der Waals surface area contributed by atoms with Crippen molar-refractivity contribution >= 4 is 23.2 Å². The summed E-state index contributed by atoms with van der Waals surface area (Å²) in [6, 6.07) is 13.3. The normalized spacial score (nSPS) is 10.3. The van der Waals surface area contributed by atoms with Crippen molar-refractivity contribution in [3.63, 3.8) is 0 Å². The molecule has 3 nitrogen and oxygen atoms in total. The Kier molecular flexibility index (Phi) is 5.84. The lowest BCUT2D eigenvalue weighted by atomic mass is 10.2. The number of para-hydroxylation sites is 1.